The summed E-state index contributed by atoms with van der Waals surface area (Å²) in [5, 5.41) is 6.05. The van der Waals surface area contributed by atoms with Crippen LogP contribution in [-0.2, 0) is 4.74 Å². The van der Waals surface area contributed by atoms with Gasteiger partial charge in [-0.3, -0.25) is 4.79 Å². The SMILES string of the molecule is COCCNc1cc(C(=O)Nc2c(C)cccc2C)nc(C)n1. The molecule has 1 aromatic carbocycles. The predicted molar refractivity (Wildman–Crippen MR) is 91.0 cm³/mol. The summed E-state index contributed by atoms with van der Waals surface area (Å²) in [4.78, 5) is 21.0. The van der Waals surface area contributed by atoms with Crippen LogP contribution in [0.25, 0.3) is 0 Å². The van der Waals surface area contributed by atoms with E-state index in [0.29, 0.717) is 30.5 Å². The summed E-state index contributed by atoms with van der Waals surface area (Å²) in [6, 6.07) is 7.54. The van der Waals surface area contributed by atoms with Crippen molar-refractivity contribution >= 4 is 17.4 Å². The smallest absolute Gasteiger partial charge is 0.274 e. The molecule has 6 heteroatoms. The first-order valence-corrected chi connectivity index (χ1v) is 7.47. The van der Waals surface area contributed by atoms with Crippen LogP contribution >= 0.6 is 0 Å². The molecule has 0 spiro atoms. The van der Waals surface area contributed by atoms with Gasteiger partial charge in [-0.1, -0.05) is 18.2 Å². The first kappa shape index (κ1) is 16.9. The summed E-state index contributed by atoms with van der Waals surface area (Å²) >= 11 is 0. The molecule has 0 bridgehead atoms. The van der Waals surface area contributed by atoms with E-state index in [9.17, 15) is 4.79 Å². The van der Waals surface area contributed by atoms with Gasteiger partial charge in [0.2, 0.25) is 0 Å². The number of carbonyl (C=O) groups is 1. The van der Waals surface area contributed by atoms with Crippen molar-refractivity contribution in [1.82, 2.24) is 9.97 Å². The number of rotatable bonds is 6. The molecule has 0 radical (unpaired) electrons. The molecule has 0 saturated carbocycles. The fourth-order valence-corrected chi connectivity index (χ4v) is 2.24. The summed E-state index contributed by atoms with van der Waals surface area (Å²) in [6.07, 6.45) is 0. The van der Waals surface area contributed by atoms with Crippen molar-refractivity contribution in [2.24, 2.45) is 0 Å². The van der Waals surface area contributed by atoms with E-state index in [4.69, 9.17) is 4.74 Å². The highest BCUT2D eigenvalue weighted by Gasteiger charge is 2.13. The molecule has 2 rings (SSSR count). The van der Waals surface area contributed by atoms with Crippen LogP contribution in [0.15, 0.2) is 24.3 Å². The molecule has 0 aliphatic heterocycles. The van der Waals surface area contributed by atoms with Crippen LogP contribution in [0.3, 0.4) is 0 Å². The molecule has 0 saturated heterocycles. The first-order chi connectivity index (χ1) is 11.0. The molecule has 2 aromatic rings. The Hall–Kier alpha value is -2.47. The molecule has 0 fully saturated rings. The van der Waals surface area contributed by atoms with Crippen LogP contribution in [0.4, 0.5) is 11.5 Å². The zero-order chi connectivity index (χ0) is 16.8. The molecular formula is C17H22N4O2. The predicted octanol–water partition coefficient (Wildman–Crippen LogP) is 2.71. The number of aromatic nitrogens is 2. The van der Waals surface area contributed by atoms with Crippen molar-refractivity contribution in [2.45, 2.75) is 20.8 Å². The van der Waals surface area contributed by atoms with E-state index >= 15 is 0 Å². The number of hydrogen-bond acceptors (Lipinski definition) is 5. The summed E-state index contributed by atoms with van der Waals surface area (Å²) in [5.74, 6) is 0.906. The second kappa shape index (κ2) is 7.69. The number of amides is 1. The van der Waals surface area contributed by atoms with Crippen molar-refractivity contribution in [3.8, 4) is 0 Å². The molecule has 1 heterocycles. The molecule has 0 atom stereocenters. The second-order valence-corrected chi connectivity index (χ2v) is 5.33. The van der Waals surface area contributed by atoms with E-state index in [0.717, 1.165) is 16.8 Å². The van der Waals surface area contributed by atoms with Crippen LogP contribution in [0, 0.1) is 20.8 Å². The number of nitrogens with one attached hydrogen (secondary N) is 2. The Kier molecular flexibility index (Phi) is 5.65. The molecule has 2 N–H and O–H groups in total. The van der Waals surface area contributed by atoms with Gasteiger partial charge in [-0.05, 0) is 31.9 Å². The molecular weight excluding hydrogens is 292 g/mol. The summed E-state index contributed by atoms with van der Waals surface area (Å²) in [6.45, 7) is 6.87. The zero-order valence-corrected chi connectivity index (χ0v) is 13.9. The highest BCUT2D eigenvalue weighted by Crippen LogP contribution is 2.20. The Balaban J connectivity index is 2.18. The number of hydrogen-bond donors (Lipinski definition) is 2. The first-order valence-electron chi connectivity index (χ1n) is 7.47. The Morgan fingerprint density at radius 1 is 1.17 bits per heavy atom. The van der Waals surface area contributed by atoms with Gasteiger partial charge in [-0.15, -0.1) is 0 Å². The molecule has 6 nitrogen and oxygen atoms in total. The Morgan fingerprint density at radius 3 is 2.52 bits per heavy atom. The maximum Gasteiger partial charge on any atom is 0.274 e. The average molecular weight is 314 g/mol. The monoisotopic (exact) mass is 314 g/mol. The van der Waals surface area contributed by atoms with Crippen LogP contribution in [-0.4, -0.2) is 36.1 Å². The van der Waals surface area contributed by atoms with E-state index in [-0.39, 0.29) is 5.91 Å². The van der Waals surface area contributed by atoms with E-state index < -0.39 is 0 Å². The maximum atomic E-state index is 12.5. The number of para-hydroxylation sites is 1. The largest absolute Gasteiger partial charge is 0.383 e. The lowest BCUT2D eigenvalue weighted by molar-refractivity contribution is 0.102. The number of benzene rings is 1. The van der Waals surface area contributed by atoms with Crippen LogP contribution in [0.5, 0.6) is 0 Å². The van der Waals surface area contributed by atoms with E-state index in [1.807, 2.05) is 32.0 Å². The van der Waals surface area contributed by atoms with Crippen molar-refractivity contribution in [3.05, 3.63) is 46.9 Å². The average Bonchev–Trinajstić information content (AvgIpc) is 2.50. The molecule has 1 amide bonds. The minimum Gasteiger partial charge on any atom is -0.383 e. The van der Waals surface area contributed by atoms with Gasteiger partial charge in [-0.25, -0.2) is 9.97 Å². The fraction of sp³-hybridized carbons (Fsp3) is 0.353. The maximum absolute atomic E-state index is 12.5. The molecule has 1 aromatic heterocycles. The quantitative estimate of drug-likeness (QED) is 0.802. The number of aryl methyl sites for hydroxylation is 3. The van der Waals surface area contributed by atoms with Gasteiger partial charge in [0.25, 0.3) is 5.91 Å². The van der Waals surface area contributed by atoms with Gasteiger partial charge in [0.15, 0.2) is 0 Å². The molecule has 0 aliphatic rings. The van der Waals surface area contributed by atoms with Crippen LogP contribution in [0.2, 0.25) is 0 Å². The highest BCUT2D eigenvalue weighted by atomic mass is 16.5. The van der Waals surface area contributed by atoms with Crippen molar-refractivity contribution in [1.29, 1.82) is 0 Å². The van der Waals surface area contributed by atoms with E-state index in [1.165, 1.54) is 0 Å². The Bertz CT molecular complexity index is 681. The topological polar surface area (TPSA) is 76.1 Å². The summed E-state index contributed by atoms with van der Waals surface area (Å²) in [7, 11) is 1.64. The van der Waals surface area contributed by atoms with Crippen molar-refractivity contribution in [3.63, 3.8) is 0 Å². The number of nitrogens with zero attached hydrogens (tertiary/aromatic N) is 2. The third-order valence-electron chi connectivity index (χ3n) is 3.40. The van der Waals surface area contributed by atoms with Gasteiger partial charge in [0, 0.05) is 25.4 Å². The highest BCUT2D eigenvalue weighted by molar-refractivity contribution is 6.04. The Labute approximate surface area is 136 Å². The minimum atomic E-state index is -0.248. The lowest BCUT2D eigenvalue weighted by Gasteiger charge is -2.12. The lowest BCUT2D eigenvalue weighted by Crippen LogP contribution is -2.17. The van der Waals surface area contributed by atoms with Gasteiger partial charge in [-0.2, -0.15) is 0 Å². The summed E-state index contributed by atoms with van der Waals surface area (Å²) < 4.78 is 4.99. The Morgan fingerprint density at radius 2 is 1.87 bits per heavy atom. The van der Waals surface area contributed by atoms with Gasteiger partial charge < -0.3 is 15.4 Å². The standard InChI is InChI=1S/C17H22N4O2/c1-11-6-5-7-12(2)16(11)21-17(22)14-10-15(18-8-9-23-4)20-13(3)19-14/h5-7,10H,8-9H2,1-4H3,(H,21,22)(H,18,19,20). The molecule has 122 valence electrons. The zero-order valence-electron chi connectivity index (χ0n) is 13.9. The number of anilines is 2. The minimum absolute atomic E-state index is 0.248. The number of methoxy groups -OCH3 is 1. The van der Waals surface area contributed by atoms with Gasteiger partial charge in [0.1, 0.15) is 17.3 Å². The van der Waals surface area contributed by atoms with Crippen LogP contribution in [0.1, 0.15) is 27.4 Å². The molecule has 0 aliphatic carbocycles. The van der Waals surface area contributed by atoms with Crippen molar-refractivity contribution < 1.29 is 9.53 Å². The third-order valence-corrected chi connectivity index (χ3v) is 3.40. The summed E-state index contributed by atoms with van der Waals surface area (Å²) in [5.41, 5.74) is 3.19. The van der Waals surface area contributed by atoms with Gasteiger partial charge >= 0.3 is 0 Å². The van der Waals surface area contributed by atoms with Gasteiger partial charge in [0.05, 0.1) is 6.61 Å². The fourth-order valence-electron chi connectivity index (χ4n) is 2.24. The van der Waals surface area contributed by atoms with E-state index in [2.05, 4.69) is 20.6 Å². The number of ether oxygens (including phenoxy) is 1. The second-order valence-electron chi connectivity index (χ2n) is 5.33. The number of carbonyl (C=O) groups excluding carboxylic acids is 1. The van der Waals surface area contributed by atoms with Crippen molar-refractivity contribution in [2.75, 3.05) is 30.9 Å². The normalized spacial score (nSPS) is 10.4. The third kappa shape index (κ3) is 4.50. The van der Waals surface area contributed by atoms with E-state index in [1.54, 1.807) is 20.1 Å². The molecule has 0 unspecified atom stereocenters. The molecule has 23 heavy (non-hydrogen) atoms. The lowest BCUT2D eigenvalue weighted by atomic mass is 10.1. The van der Waals surface area contributed by atoms with Crippen LogP contribution < -0.4 is 10.6 Å².